The summed E-state index contributed by atoms with van der Waals surface area (Å²) in [6, 6.07) is 3.04. The molecule has 2 amide bonds. The molecule has 0 unspecified atom stereocenters. The summed E-state index contributed by atoms with van der Waals surface area (Å²) in [7, 11) is 0. The first-order valence-electron chi connectivity index (χ1n) is 6.49. The number of amides is 2. The molecule has 2 rings (SSSR count). The van der Waals surface area contributed by atoms with Gasteiger partial charge in [-0.3, -0.25) is 14.5 Å². The van der Waals surface area contributed by atoms with Gasteiger partial charge < -0.3 is 16.4 Å². The standard InChI is InChI=1S/C13H16Cl2N4O2/c14-8-5-9(15)13(10(16)6-8)18-12(21)7-19-3-1-11(20)17-2-4-19/h5-6H,1-4,7,16H2,(H,17,20)(H,18,21). The average molecular weight is 331 g/mol. The summed E-state index contributed by atoms with van der Waals surface area (Å²) in [6.07, 6.45) is 0.386. The minimum Gasteiger partial charge on any atom is -0.397 e. The minimum absolute atomic E-state index is 0.00268. The number of nitrogens with one attached hydrogen (secondary N) is 2. The summed E-state index contributed by atoms with van der Waals surface area (Å²) < 4.78 is 0. The average Bonchev–Trinajstić information content (AvgIpc) is 2.59. The zero-order valence-corrected chi connectivity index (χ0v) is 12.8. The van der Waals surface area contributed by atoms with E-state index in [1.165, 1.54) is 12.1 Å². The fourth-order valence-corrected chi connectivity index (χ4v) is 2.64. The normalized spacial score (nSPS) is 16.2. The van der Waals surface area contributed by atoms with Gasteiger partial charge >= 0.3 is 0 Å². The van der Waals surface area contributed by atoms with Crippen LogP contribution in [0.3, 0.4) is 0 Å². The summed E-state index contributed by atoms with van der Waals surface area (Å²) in [4.78, 5) is 25.2. The van der Waals surface area contributed by atoms with E-state index in [2.05, 4.69) is 10.6 Å². The minimum atomic E-state index is -0.236. The monoisotopic (exact) mass is 330 g/mol. The van der Waals surface area contributed by atoms with E-state index in [4.69, 9.17) is 28.9 Å². The van der Waals surface area contributed by atoms with E-state index in [0.29, 0.717) is 47.5 Å². The van der Waals surface area contributed by atoms with Gasteiger partial charge in [0.25, 0.3) is 0 Å². The molecule has 114 valence electrons. The number of carbonyl (C=O) groups is 2. The van der Waals surface area contributed by atoms with Gasteiger partial charge in [-0.2, -0.15) is 0 Å². The summed E-state index contributed by atoms with van der Waals surface area (Å²) in [5, 5.41) is 6.14. The summed E-state index contributed by atoms with van der Waals surface area (Å²) in [6.45, 7) is 1.88. The van der Waals surface area contributed by atoms with Crippen LogP contribution in [0.5, 0.6) is 0 Å². The van der Waals surface area contributed by atoms with Crippen LogP contribution < -0.4 is 16.4 Å². The van der Waals surface area contributed by atoms with Crippen molar-refractivity contribution in [3.63, 3.8) is 0 Å². The third-order valence-corrected chi connectivity index (χ3v) is 3.64. The van der Waals surface area contributed by atoms with E-state index in [0.717, 1.165) is 0 Å². The van der Waals surface area contributed by atoms with Crippen LogP contribution in [0, 0.1) is 0 Å². The van der Waals surface area contributed by atoms with Crippen LogP contribution in [-0.4, -0.2) is 42.9 Å². The van der Waals surface area contributed by atoms with Gasteiger partial charge in [-0.25, -0.2) is 0 Å². The molecule has 6 nitrogen and oxygen atoms in total. The van der Waals surface area contributed by atoms with Crippen molar-refractivity contribution >= 4 is 46.4 Å². The molecule has 0 saturated carbocycles. The van der Waals surface area contributed by atoms with Crippen LogP contribution >= 0.6 is 23.2 Å². The van der Waals surface area contributed by atoms with Gasteiger partial charge in [-0.15, -0.1) is 0 Å². The van der Waals surface area contributed by atoms with Crippen LogP contribution in [0.2, 0.25) is 10.0 Å². The molecule has 21 heavy (non-hydrogen) atoms. The molecule has 1 fully saturated rings. The van der Waals surface area contributed by atoms with E-state index in [-0.39, 0.29) is 18.4 Å². The summed E-state index contributed by atoms with van der Waals surface area (Å²) in [5.41, 5.74) is 6.47. The fraction of sp³-hybridized carbons (Fsp3) is 0.385. The molecule has 0 aliphatic carbocycles. The van der Waals surface area contributed by atoms with Crippen LogP contribution in [0.4, 0.5) is 11.4 Å². The predicted molar refractivity (Wildman–Crippen MR) is 83.6 cm³/mol. The number of benzene rings is 1. The number of hydrogen-bond donors (Lipinski definition) is 3. The zero-order valence-electron chi connectivity index (χ0n) is 11.3. The van der Waals surface area contributed by atoms with Gasteiger partial charge in [-0.05, 0) is 12.1 Å². The number of hydrogen-bond acceptors (Lipinski definition) is 4. The molecule has 8 heteroatoms. The lowest BCUT2D eigenvalue weighted by Crippen LogP contribution is -2.35. The maximum atomic E-state index is 12.1. The van der Waals surface area contributed by atoms with Crippen molar-refractivity contribution in [3.05, 3.63) is 22.2 Å². The Kier molecular flexibility index (Phi) is 5.27. The topological polar surface area (TPSA) is 87.5 Å². The lowest BCUT2D eigenvalue weighted by molar-refractivity contribution is -0.121. The molecule has 4 N–H and O–H groups in total. The second kappa shape index (κ2) is 6.98. The quantitative estimate of drug-likeness (QED) is 0.730. The Morgan fingerprint density at radius 1 is 1.38 bits per heavy atom. The van der Waals surface area contributed by atoms with Gasteiger partial charge in [0.1, 0.15) is 0 Å². The zero-order chi connectivity index (χ0) is 15.4. The molecule has 1 aromatic rings. The van der Waals surface area contributed by atoms with Crippen LogP contribution in [0.25, 0.3) is 0 Å². The Labute approximate surface area is 132 Å². The Morgan fingerprint density at radius 3 is 2.86 bits per heavy atom. The Morgan fingerprint density at radius 2 is 2.14 bits per heavy atom. The van der Waals surface area contributed by atoms with E-state index < -0.39 is 0 Å². The lowest BCUT2D eigenvalue weighted by Gasteiger charge is -2.19. The lowest BCUT2D eigenvalue weighted by atomic mass is 10.2. The molecule has 0 spiro atoms. The Balaban J connectivity index is 1.97. The predicted octanol–water partition coefficient (Wildman–Crippen LogP) is 1.34. The summed E-state index contributed by atoms with van der Waals surface area (Å²) in [5.74, 6) is -0.233. The first kappa shape index (κ1) is 15.9. The molecule has 0 atom stereocenters. The second-order valence-corrected chi connectivity index (χ2v) is 5.62. The van der Waals surface area contributed by atoms with Crippen LogP contribution in [0.1, 0.15) is 6.42 Å². The smallest absolute Gasteiger partial charge is 0.238 e. The number of halogens is 2. The molecular weight excluding hydrogens is 315 g/mol. The first-order valence-corrected chi connectivity index (χ1v) is 7.24. The van der Waals surface area contributed by atoms with Gasteiger partial charge in [0, 0.05) is 31.1 Å². The molecule has 1 aromatic carbocycles. The Hall–Kier alpha value is -1.50. The number of nitrogens with zero attached hydrogens (tertiary/aromatic N) is 1. The maximum absolute atomic E-state index is 12.1. The van der Waals surface area contributed by atoms with E-state index in [9.17, 15) is 9.59 Å². The van der Waals surface area contributed by atoms with Crippen molar-refractivity contribution in [2.75, 3.05) is 37.2 Å². The highest BCUT2D eigenvalue weighted by Crippen LogP contribution is 2.31. The second-order valence-electron chi connectivity index (χ2n) is 4.78. The number of rotatable bonds is 3. The van der Waals surface area contributed by atoms with Crippen molar-refractivity contribution in [1.29, 1.82) is 0 Å². The number of carbonyl (C=O) groups excluding carboxylic acids is 2. The van der Waals surface area contributed by atoms with Crippen molar-refractivity contribution in [2.45, 2.75) is 6.42 Å². The maximum Gasteiger partial charge on any atom is 0.238 e. The van der Waals surface area contributed by atoms with Crippen molar-refractivity contribution in [3.8, 4) is 0 Å². The van der Waals surface area contributed by atoms with Gasteiger partial charge in [0.15, 0.2) is 0 Å². The number of anilines is 2. The van der Waals surface area contributed by atoms with Crippen molar-refractivity contribution < 1.29 is 9.59 Å². The Bertz CT molecular complexity index is 542. The van der Waals surface area contributed by atoms with Crippen molar-refractivity contribution in [2.24, 2.45) is 0 Å². The third-order valence-electron chi connectivity index (χ3n) is 3.12. The fourth-order valence-electron chi connectivity index (χ4n) is 2.08. The first-order chi connectivity index (χ1) is 9.95. The molecule has 1 aliphatic rings. The van der Waals surface area contributed by atoms with Gasteiger partial charge in [0.2, 0.25) is 11.8 Å². The van der Waals surface area contributed by atoms with Gasteiger partial charge in [-0.1, -0.05) is 23.2 Å². The number of nitrogens with two attached hydrogens (primary N) is 1. The van der Waals surface area contributed by atoms with E-state index in [1.807, 2.05) is 4.90 Å². The molecule has 0 bridgehead atoms. The molecule has 0 radical (unpaired) electrons. The van der Waals surface area contributed by atoms with E-state index >= 15 is 0 Å². The SMILES string of the molecule is Nc1cc(Cl)cc(Cl)c1NC(=O)CN1CCNC(=O)CC1. The molecule has 0 aromatic heterocycles. The highest BCUT2D eigenvalue weighted by Gasteiger charge is 2.17. The van der Waals surface area contributed by atoms with Crippen LogP contribution in [0.15, 0.2) is 12.1 Å². The molecule has 1 aliphatic heterocycles. The molecule has 1 saturated heterocycles. The summed E-state index contributed by atoms with van der Waals surface area (Å²) >= 11 is 11.8. The van der Waals surface area contributed by atoms with E-state index in [1.54, 1.807) is 0 Å². The molecule has 1 heterocycles. The van der Waals surface area contributed by atoms with Crippen molar-refractivity contribution in [1.82, 2.24) is 10.2 Å². The highest BCUT2D eigenvalue weighted by molar-refractivity contribution is 6.37. The van der Waals surface area contributed by atoms with Gasteiger partial charge in [0.05, 0.1) is 22.9 Å². The number of nitrogen functional groups attached to an aromatic ring is 1. The molecular formula is C13H16Cl2N4O2. The van der Waals surface area contributed by atoms with Crippen LogP contribution in [-0.2, 0) is 9.59 Å². The third kappa shape index (κ3) is 4.49. The highest BCUT2D eigenvalue weighted by atomic mass is 35.5. The largest absolute Gasteiger partial charge is 0.397 e.